The monoisotopic (exact) mass is 630 g/mol. The first-order valence-electron chi connectivity index (χ1n) is 14.0. The molecule has 44 heavy (non-hydrogen) atoms. The number of aliphatic carboxylic acids is 2. The van der Waals surface area contributed by atoms with Crippen molar-refractivity contribution in [2.75, 3.05) is 19.6 Å². The molecule has 0 rings (SSSR count). The molecule has 0 aromatic rings. The topological polar surface area (TPSA) is 334 Å². The quantitative estimate of drug-likeness (QED) is 0.0307. The molecule has 0 saturated heterocycles. The number of nitrogens with one attached hydrogen (secondary N) is 7. The van der Waals surface area contributed by atoms with Gasteiger partial charge in [-0.05, 0) is 52.5 Å². The summed E-state index contributed by atoms with van der Waals surface area (Å²) in [5.74, 6) is -6.74. The van der Waals surface area contributed by atoms with Gasteiger partial charge in [-0.1, -0.05) is 6.42 Å². The first-order chi connectivity index (χ1) is 20.6. The summed E-state index contributed by atoms with van der Waals surface area (Å²) in [6.45, 7) is 2.56. The molecule has 0 aliphatic heterocycles. The Balaban J connectivity index is 5.18. The van der Waals surface area contributed by atoms with E-state index in [-0.39, 0.29) is 25.3 Å². The van der Waals surface area contributed by atoms with E-state index in [1.165, 1.54) is 13.8 Å². The average molecular weight is 631 g/mol. The zero-order valence-corrected chi connectivity index (χ0v) is 24.9. The number of guanidine groups is 1. The lowest BCUT2D eigenvalue weighted by Gasteiger charge is -2.22. The van der Waals surface area contributed by atoms with Crippen molar-refractivity contribution in [3.63, 3.8) is 0 Å². The lowest BCUT2D eigenvalue weighted by atomic mass is 10.1. The summed E-state index contributed by atoms with van der Waals surface area (Å²) in [4.78, 5) is 84.9. The van der Waals surface area contributed by atoms with E-state index in [1.54, 1.807) is 0 Å². The molecule has 15 N–H and O–H groups in total. The largest absolute Gasteiger partial charge is 0.481 e. The van der Waals surface area contributed by atoms with E-state index >= 15 is 0 Å². The van der Waals surface area contributed by atoms with Gasteiger partial charge in [0, 0.05) is 13.0 Å². The Bertz CT molecular complexity index is 1030. The van der Waals surface area contributed by atoms with E-state index in [9.17, 15) is 33.6 Å². The lowest BCUT2D eigenvalue weighted by Crippen LogP contribution is -2.56. The van der Waals surface area contributed by atoms with Crippen LogP contribution < -0.4 is 49.1 Å². The predicted octanol–water partition coefficient (Wildman–Crippen LogP) is -4.25. The van der Waals surface area contributed by atoms with Gasteiger partial charge in [0.25, 0.3) is 0 Å². The van der Waals surface area contributed by atoms with E-state index in [1.807, 2.05) is 0 Å². The second-order valence-corrected chi connectivity index (χ2v) is 10.0. The maximum absolute atomic E-state index is 12.8. The van der Waals surface area contributed by atoms with E-state index in [0.29, 0.717) is 32.2 Å². The molecule has 0 aliphatic rings. The third-order valence-electron chi connectivity index (χ3n) is 6.13. The van der Waals surface area contributed by atoms with Crippen molar-refractivity contribution in [2.45, 2.75) is 89.0 Å². The highest BCUT2D eigenvalue weighted by atomic mass is 16.4. The van der Waals surface area contributed by atoms with Crippen LogP contribution in [0, 0.1) is 5.41 Å². The van der Waals surface area contributed by atoms with Crippen molar-refractivity contribution >= 4 is 47.4 Å². The first-order valence-corrected chi connectivity index (χ1v) is 14.0. The number of unbranched alkanes of at least 4 members (excludes halogenated alkanes) is 1. The van der Waals surface area contributed by atoms with Crippen LogP contribution in [0.2, 0.25) is 0 Å². The fraction of sp³-hybridized carbons (Fsp3) is 0.680. The van der Waals surface area contributed by atoms with Gasteiger partial charge in [0.15, 0.2) is 5.96 Å². The van der Waals surface area contributed by atoms with Gasteiger partial charge >= 0.3 is 11.9 Å². The first kappa shape index (κ1) is 39.5. The molecular formula is C25H46N10O9. The van der Waals surface area contributed by atoms with Gasteiger partial charge in [-0.25, -0.2) is 0 Å². The van der Waals surface area contributed by atoms with Gasteiger partial charge in [-0.2, -0.15) is 0 Å². The predicted molar refractivity (Wildman–Crippen MR) is 157 cm³/mol. The summed E-state index contributed by atoms with van der Waals surface area (Å²) in [5, 5.41) is 39.4. The molecule has 19 nitrogen and oxygen atoms in total. The summed E-state index contributed by atoms with van der Waals surface area (Å²) >= 11 is 0. The number of rotatable bonds is 22. The van der Waals surface area contributed by atoms with Crippen LogP contribution in [-0.4, -0.2) is 107 Å². The number of amides is 5. The Kier molecular flexibility index (Phi) is 19.0. The molecular weight excluding hydrogens is 584 g/mol. The van der Waals surface area contributed by atoms with Gasteiger partial charge in [0.2, 0.25) is 29.5 Å². The number of carboxylic acids is 2. The molecule has 0 unspecified atom stereocenters. The van der Waals surface area contributed by atoms with Crippen LogP contribution in [0.3, 0.4) is 0 Å². The number of carbonyl (C=O) groups excluding carboxylic acids is 5. The molecule has 0 radical (unpaired) electrons. The number of hydrogen-bond acceptors (Lipinski definition) is 10. The van der Waals surface area contributed by atoms with Crippen LogP contribution in [0.1, 0.15) is 58.8 Å². The minimum atomic E-state index is -1.40. The Labute approximate surface area is 254 Å². The van der Waals surface area contributed by atoms with Crippen LogP contribution in [0.15, 0.2) is 0 Å². The van der Waals surface area contributed by atoms with E-state index < -0.39 is 84.6 Å². The Hall–Kier alpha value is -4.52. The van der Waals surface area contributed by atoms with Gasteiger partial charge in [0.1, 0.15) is 24.2 Å². The minimum Gasteiger partial charge on any atom is -0.481 e. The standard InChI is InChI=1S/C25H46N10O9/c1-13(20(39)34-17(8-9-19(37)38)23(42)33-14(2)24(43)44)32-18(36)12-31-22(41)16(7-5-11-30-25(28)29)35-21(40)15(27)6-3-4-10-26/h13-17H,3-12,26-27H2,1-2H3,(H,31,41)(H,32,36)(H,33,42)(H,34,39)(H,35,40)(H,37,38)(H,43,44)(H4,28,29,30)/t13-,14-,15-,16-,17-/m0/s1. The average Bonchev–Trinajstić information content (AvgIpc) is 2.94. The molecule has 0 saturated carbocycles. The van der Waals surface area contributed by atoms with Crippen LogP contribution >= 0.6 is 0 Å². The van der Waals surface area contributed by atoms with Gasteiger partial charge in [-0.15, -0.1) is 0 Å². The normalized spacial score (nSPS) is 14.0. The van der Waals surface area contributed by atoms with Crippen molar-refractivity contribution in [1.29, 1.82) is 5.41 Å². The Morgan fingerprint density at radius 3 is 1.91 bits per heavy atom. The highest BCUT2D eigenvalue weighted by Gasteiger charge is 2.28. The fourth-order valence-corrected chi connectivity index (χ4v) is 3.57. The van der Waals surface area contributed by atoms with E-state index in [2.05, 4.69) is 31.9 Å². The summed E-state index contributed by atoms with van der Waals surface area (Å²) in [6, 6.07) is -5.91. The molecule has 0 spiro atoms. The molecule has 0 fully saturated rings. The number of carboxylic acid groups (broad SMARTS) is 2. The minimum absolute atomic E-state index is 0.119. The zero-order chi connectivity index (χ0) is 33.8. The summed E-state index contributed by atoms with van der Waals surface area (Å²) < 4.78 is 0. The van der Waals surface area contributed by atoms with Crippen LogP contribution in [0.4, 0.5) is 0 Å². The number of nitrogens with two attached hydrogens (primary N) is 3. The Morgan fingerprint density at radius 2 is 1.34 bits per heavy atom. The molecule has 0 aromatic carbocycles. The Morgan fingerprint density at radius 1 is 0.727 bits per heavy atom. The van der Waals surface area contributed by atoms with Crippen molar-refractivity contribution in [2.24, 2.45) is 17.2 Å². The van der Waals surface area contributed by atoms with Crippen LogP contribution in [0.5, 0.6) is 0 Å². The molecule has 250 valence electrons. The van der Waals surface area contributed by atoms with Crippen molar-refractivity contribution in [3.8, 4) is 0 Å². The van der Waals surface area contributed by atoms with Gasteiger partial charge < -0.3 is 59.3 Å². The third-order valence-corrected chi connectivity index (χ3v) is 6.13. The van der Waals surface area contributed by atoms with Crippen molar-refractivity contribution in [1.82, 2.24) is 31.9 Å². The van der Waals surface area contributed by atoms with E-state index in [0.717, 1.165) is 0 Å². The molecule has 0 aliphatic carbocycles. The van der Waals surface area contributed by atoms with Gasteiger partial charge in [-0.3, -0.25) is 39.0 Å². The highest BCUT2D eigenvalue weighted by Crippen LogP contribution is 2.03. The van der Waals surface area contributed by atoms with Crippen molar-refractivity contribution in [3.05, 3.63) is 0 Å². The maximum Gasteiger partial charge on any atom is 0.325 e. The number of hydrogen-bond donors (Lipinski definition) is 12. The highest BCUT2D eigenvalue weighted by molar-refractivity contribution is 5.95. The van der Waals surface area contributed by atoms with E-state index in [4.69, 9.17) is 32.8 Å². The smallest absolute Gasteiger partial charge is 0.325 e. The fourth-order valence-electron chi connectivity index (χ4n) is 3.57. The number of carbonyl (C=O) groups is 7. The van der Waals surface area contributed by atoms with Crippen LogP contribution in [0.25, 0.3) is 0 Å². The SMILES string of the molecule is C[C@H](NC(=O)[C@H](CCC(=O)O)NC(=O)[C@H](C)NC(=O)CNC(=O)[C@H](CCCNC(=N)N)NC(=O)[C@@H](N)CCCCN)C(=O)O. The molecule has 19 heteroatoms. The molecule has 0 heterocycles. The van der Waals surface area contributed by atoms with Crippen LogP contribution in [-0.2, 0) is 33.6 Å². The lowest BCUT2D eigenvalue weighted by molar-refractivity contribution is -0.142. The molecule has 5 amide bonds. The maximum atomic E-state index is 12.8. The molecule has 5 atom stereocenters. The molecule has 0 bridgehead atoms. The molecule has 0 aromatic heterocycles. The third kappa shape index (κ3) is 17.4. The second-order valence-electron chi connectivity index (χ2n) is 10.0. The summed E-state index contributed by atoms with van der Waals surface area (Å²) in [5.41, 5.74) is 16.6. The second kappa shape index (κ2) is 21.2. The zero-order valence-electron chi connectivity index (χ0n) is 24.9. The van der Waals surface area contributed by atoms with Gasteiger partial charge in [0.05, 0.1) is 12.6 Å². The summed E-state index contributed by atoms with van der Waals surface area (Å²) in [6.07, 6.45) is 1.23. The summed E-state index contributed by atoms with van der Waals surface area (Å²) in [7, 11) is 0. The van der Waals surface area contributed by atoms with Crippen molar-refractivity contribution < 1.29 is 43.8 Å².